The second-order valence-electron chi connectivity index (χ2n) is 6.30. The molecule has 25 heavy (non-hydrogen) atoms. The molecule has 0 radical (unpaired) electrons. The fraction of sp³-hybridized carbons (Fsp3) is 0.400. The van der Waals surface area contributed by atoms with Crippen LogP contribution in [0.5, 0.6) is 5.75 Å². The number of hydrogen-bond acceptors (Lipinski definition) is 4. The first-order valence-corrected chi connectivity index (χ1v) is 8.85. The molecular weight excluding hydrogens is 314 g/mol. The summed E-state index contributed by atoms with van der Waals surface area (Å²) in [5.74, 6) is 0.981. The Hall–Kier alpha value is -2.56. The molecule has 132 valence electrons. The Morgan fingerprint density at radius 1 is 1.12 bits per heavy atom. The normalized spacial score (nSPS) is 14.9. The molecule has 2 heterocycles. The average Bonchev–Trinajstić information content (AvgIpc) is 2.89. The zero-order valence-corrected chi connectivity index (χ0v) is 14.7. The molecule has 1 aliphatic rings. The van der Waals surface area contributed by atoms with Gasteiger partial charge in [0, 0.05) is 44.3 Å². The molecule has 0 unspecified atom stereocenters. The number of para-hydroxylation sites is 1. The molecule has 0 atom stereocenters. The average molecular weight is 339 g/mol. The minimum atomic E-state index is 0.171. The standard InChI is InChI=1S/C20H25N3O2/c1-17-16-21-10-8-19(17)22-11-5-12-23(14-13-22)20(24)9-15-25-18-6-3-2-4-7-18/h2-4,6-8,10,16H,5,9,11-15H2,1H3. The lowest BCUT2D eigenvalue weighted by Gasteiger charge is -2.25. The molecule has 0 bridgehead atoms. The summed E-state index contributed by atoms with van der Waals surface area (Å²) in [4.78, 5) is 20.9. The van der Waals surface area contributed by atoms with E-state index in [-0.39, 0.29) is 5.91 Å². The van der Waals surface area contributed by atoms with E-state index in [0.717, 1.165) is 38.3 Å². The van der Waals surface area contributed by atoms with E-state index in [2.05, 4.69) is 22.9 Å². The Balaban J connectivity index is 1.49. The second-order valence-corrected chi connectivity index (χ2v) is 6.30. The van der Waals surface area contributed by atoms with Crippen LogP contribution in [0.2, 0.25) is 0 Å². The smallest absolute Gasteiger partial charge is 0.226 e. The van der Waals surface area contributed by atoms with Crippen LogP contribution in [0.15, 0.2) is 48.8 Å². The molecule has 3 rings (SSSR count). The molecule has 1 amide bonds. The molecule has 0 saturated carbocycles. The molecule has 1 aromatic carbocycles. The molecule has 0 N–H and O–H groups in total. The van der Waals surface area contributed by atoms with Crippen molar-refractivity contribution in [2.24, 2.45) is 0 Å². The largest absolute Gasteiger partial charge is 0.493 e. The van der Waals surface area contributed by atoms with E-state index in [1.54, 1.807) is 0 Å². The summed E-state index contributed by atoms with van der Waals surface area (Å²) in [6.07, 6.45) is 5.12. The van der Waals surface area contributed by atoms with Crippen molar-refractivity contribution in [3.8, 4) is 5.75 Å². The van der Waals surface area contributed by atoms with Crippen LogP contribution in [-0.2, 0) is 4.79 Å². The monoisotopic (exact) mass is 339 g/mol. The van der Waals surface area contributed by atoms with Crippen LogP contribution >= 0.6 is 0 Å². The Kier molecular flexibility index (Phi) is 5.88. The van der Waals surface area contributed by atoms with Crippen LogP contribution < -0.4 is 9.64 Å². The third kappa shape index (κ3) is 4.72. The molecule has 5 heteroatoms. The van der Waals surface area contributed by atoms with Gasteiger partial charge >= 0.3 is 0 Å². The van der Waals surface area contributed by atoms with Crippen molar-refractivity contribution >= 4 is 11.6 Å². The number of ether oxygens (including phenoxy) is 1. The van der Waals surface area contributed by atoms with Gasteiger partial charge in [-0.05, 0) is 37.1 Å². The van der Waals surface area contributed by atoms with Crippen LogP contribution in [0.4, 0.5) is 5.69 Å². The number of carbonyl (C=O) groups is 1. The maximum atomic E-state index is 12.5. The van der Waals surface area contributed by atoms with Crippen molar-refractivity contribution in [2.45, 2.75) is 19.8 Å². The number of amides is 1. The zero-order valence-electron chi connectivity index (χ0n) is 14.7. The van der Waals surface area contributed by atoms with Crippen molar-refractivity contribution in [1.82, 2.24) is 9.88 Å². The van der Waals surface area contributed by atoms with Gasteiger partial charge in [-0.3, -0.25) is 9.78 Å². The lowest BCUT2D eigenvalue weighted by molar-refractivity contribution is -0.131. The zero-order chi connectivity index (χ0) is 17.5. The predicted molar refractivity (Wildman–Crippen MR) is 98.9 cm³/mol. The van der Waals surface area contributed by atoms with Crippen LogP contribution in [0.1, 0.15) is 18.4 Å². The number of nitrogens with zero attached hydrogens (tertiary/aromatic N) is 3. The number of benzene rings is 1. The maximum absolute atomic E-state index is 12.5. The van der Waals surface area contributed by atoms with E-state index in [1.807, 2.05) is 47.6 Å². The van der Waals surface area contributed by atoms with Gasteiger partial charge in [0.25, 0.3) is 0 Å². The summed E-state index contributed by atoms with van der Waals surface area (Å²) in [7, 11) is 0. The number of aryl methyl sites for hydroxylation is 1. The maximum Gasteiger partial charge on any atom is 0.226 e. The highest BCUT2D eigenvalue weighted by atomic mass is 16.5. The Bertz CT molecular complexity index is 690. The van der Waals surface area contributed by atoms with E-state index in [0.29, 0.717) is 13.0 Å². The van der Waals surface area contributed by atoms with E-state index < -0.39 is 0 Å². The van der Waals surface area contributed by atoms with E-state index >= 15 is 0 Å². The Morgan fingerprint density at radius 3 is 2.76 bits per heavy atom. The van der Waals surface area contributed by atoms with Crippen LogP contribution in [-0.4, -0.2) is 48.6 Å². The third-order valence-corrected chi connectivity index (χ3v) is 4.51. The summed E-state index contributed by atoms with van der Waals surface area (Å²) in [6, 6.07) is 11.7. The van der Waals surface area contributed by atoms with Gasteiger partial charge in [-0.1, -0.05) is 18.2 Å². The van der Waals surface area contributed by atoms with Crippen LogP contribution in [0.25, 0.3) is 0 Å². The highest BCUT2D eigenvalue weighted by Gasteiger charge is 2.20. The number of pyridine rings is 1. The van der Waals surface area contributed by atoms with Crippen LogP contribution in [0.3, 0.4) is 0 Å². The molecule has 1 aromatic heterocycles. The highest BCUT2D eigenvalue weighted by molar-refractivity contribution is 5.76. The SMILES string of the molecule is Cc1cnccc1N1CCCN(C(=O)CCOc2ccccc2)CC1. The molecule has 1 fully saturated rings. The van der Waals surface area contributed by atoms with Crippen molar-refractivity contribution in [1.29, 1.82) is 0 Å². The fourth-order valence-electron chi connectivity index (χ4n) is 3.16. The van der Waals surface area contributed by atoms with E-state index in [4.69, 9.17) is 4.74 Å². The van der Waals surface area contributed by atoms with Crippen molar-refractivity contribution in [2.75, 3.05) is 37.7 Å². The number of hydrogen-bond donors (Lipinski definition) is 0. The van der Waals surface area contributed by atoms with Gasteiger partial charge in [-0.25, -0.2) is 0 Å². The van der Waals surface area contributed by atoms with Crippen LogP contribution in [0, 0.1) is 6.92 Å². The first-order chi connectivity index (χ1) is 12.2. The Morgan fingerprint density at radius 2 is 1.96 bits per heavy atom. The predicted octanol–water partition coefficient (Wildman–Crippen LogP) is 2.90. The first-order valence-electron chi connectivity index (χ1n) is 8.85. The highest BCUT2D eigenvalue weighted by Crippen LogP contribution is 2.20. The molecule has 1 saturated heterocycles. The number of aromatic nitrogens is 1. The minimum Gasteiger partial charge on any atom is -0.493 e. The summed E-state index contributed by atoms with van der Waals surface area (Å²) in [5.41, 5.74) is 2.40. The number of carbonyl (C=O) groups excluding carboxylic acids is 1. The van der Waals surface area contributed by atoms with Gasteiger partial charge in [0.05, 0.1) is 13.0 Å². The van der Waals surface area contributed by atoms with Crippen molar-refractivity contribution in [3.05, 3.63) is 54.4 Å². The lowest BCUT2D eigenvalue weighted by atomic mass is 10.2. The summed E-state index contributed by atoms with van der Waals surface area (Å²) in [5, 5.41) is 0. The fourth-order valence-corrected chi connectivity index (χ4v) is 3.16. The molecule has 0 aliphatic carbocycles. The van der Waals surface area contributed by atoms with Gasteiger partial charge in [-0.15, -0.1) is 0 Å². The van der Waals surface area contributed by atoms with Gasteiger partial charge in [0.15, 0.2) is 0 Å². The molecule has 2 aromatic rings. The Labute approximate surface area is 149 Å². The minimum absolute atomic E-state index is 0.171. The molecule has 0 spiro atoms. The van der Waals surface area contributed by atoms with Gasteiger partial charge < -0.3 is 14.5 Å². The topological polar surface area (TPSA) is 45.7 Å². The summed E-state index contributed by atoms with van der Waals surface area (Å²) < 4.78 is 5.64. The quantitative estimate of drug-likeness (QED) is 0.840. The first kappa shape index (κ1) is 17.3. The number of anilines is 1. The summed E-state index contributed by atoms with van der Waals surface area (Å²) >= 11 is 0. The van der Waals surface area contributed by atoms with Crippen molar-refractivity contribution in [3.63, 3.8) is 0 Å². The molecule has 5 nitrogen and oxygen atoms in total. The second kappa shape index (κ2) is 8.51. The van der Waals surface area contributed by atoms with E-state index in [9.17, 15) is 4.79 Å². The van der Waals surface area contributed by atoms with Gasteiger partial charge in [-0.2, -0.15) is 0 Å². The van der Waals surface area contributed by atoms with E-state index in [1.165, 1.54) is 11.3 Å². The van der Waals surface area contributed by atoms with Gasteiger partial charge in [0.1, 0.15) is 5.75 Å². The third-order valence-electron chi connectivity index (χ3n) is 4.51. The molecule has 1 aliphatic heterocycles. The lowest BCUT2D eigenvalue weighted by Crippen LogP contribution is -2.36. The number of rotatable bonds is 5. The summed E-state index contributed by atoms with van der Waals surface area (Å²) in [6.45, 7) is 5.89. The van der Waals surface area contributed by atoms with Crippen molar-refractivity contribution < 1.29 is 9.53 Å². The molecular formula is C20H25N3O2. The van der Waals surface area contributed by atoms with Gasteiger partial charge in [0.2, 0.25) is 5.91 Å².